The van der Waals surface area contributed by atoms with Crippen LogP contribution in [-0.2, 0) is 20.2 Å². The van der Waals surface area contributed by atoms with Gasteiger partial charge >= 0.3 is 0 Å². The van der Waals surface area contributed by atoms with Crippen LogP contribution >= 0.6 is 0 Å². The van der Waals surface area contributed by atoms with E-state index in [4.69, 9.17) is 4.84 Å². The largest absolute Gasteiger partial charge is 0.344 e. The van der Waals surface area contributed by atoms with Crippen molar-refractivity contribution in [3.8, 4) is 0 Å². The summed E-state index contributed by atoms with van der Waals surface area (Å²) in [6.45, 7) is 0. The highest BCUT2D eigenvalue weighted by atomic mass is 16.7. The SMILES string of the molecule is O=C=NOC(N=C=O)(c1ccccc1)c1ccccc1. The maximum absolute atomic E-state index is 10.8. The number of nitrogens with zero attached hydrogens (tertiary/aromatic N) is 2. The molecular weight excluding hydrogens is 256 g/mol. The zero-order valence-electron chi connectivity index (χ0n) is 10.4. The third-order valence-corrected chi connectivity index (χ3v) is 2.75. The lowest BCUT2D eigenvalue weighted by molar-refractivity contribution is -0.00824. The van der Waals surface area contributed by atoms with Gasteiger partial charge in [0.15, 0.2) is 0 Å². The quantitative estimate of drug-likeness (QED) is 0.474. The molecule has 0 fully saturated rings. The second kappa shape index (κ2) is 6.25. The van der Waals surface area contributed by atoms with E-state index in [9.17, 15) is 9.59 Å². The predicted octanol–water partition coefficient (Wildman–Crippen LogP) is 2.49. The van der Waals surface area contributed by atoms with Gasteiger partial charge in [0.25, 0.3) is 11.8 Å². The minimum atomic E-state index is -1.54. The van der Waals surface area contributed by atoms with Crippen LogP contribution in [0.25, 0.3) is 0 Å². The summed E-state index contributed by atoms with van der Waals surface area (Å²) in [4.78, 5) is 30.1. The highest BCUT2D eigenvalue weighted by Crippen LogP contribution is 2.34. The number of hydrogen-bond donors (Lipinski definition) is 0. The topological polar surface area (TPSA) is 68.1 Å². The van der Waals surface area contributed by atoms with E-state index in [2.05, 4.69) is 10.1 Å². The molecule has 20 heavy (non-hydrogen) atoms. The van der Waals surface area contributed by atoms with Crippen LogP contribution in [0.15, 0.2) is 70.8 Å². The summed E-state index contributed by atoms with van der Waals surface area (Å²) in [5, 5.41) is 3.14. The number of isocyanates is 2. The zero-order valence-corrected chi connectivity index (χ0v) is 10.4. The first-order valence-corrected chi connectivity index (χ1v) is 5.79. The van der Waals surface area contributed by atoms with E-state index in [-0.39, 0.29) is 0 Å². The van der Waals surface area contributed by atoms with Crippen LogP contribution in [0.2, 0.25) is 0 Å². The van der Waals surface area contributed by atoms with Crippen molar-refractivity contribution in [2.24, 2.45) is 10.1 Å². The molecule has 0 N–H and O–H groups in total. The van der Waals surface area contributed by atoms with Crippen molar-refractivity contribution in [2.45, 2.75) is 5.72 Å². The second-order valence-corrected chi connectivity index (χ2v) is 3.85. The molecule has 0 unspecified atom stereocenters. The average Bonchev–Trinajstić information content (AvgIpc) is 2.53. The molecule has 5 nitrogen and oxygen atoms in total. The summed E-state index contributed by atoms with van der Waals surface area (Å²) < 4.78 is 0. The van der Waals surface area contributed by atoms with Crippen LogP contribution < -0.4 is 0 Å². The molecule has 0 radical (unpaired) electrons. The Hall–Kier alpha value is -3.00. The third-order valence-electron chi connectivity index (χ3n) is 2.75. The normalized spacial score (nSPS) is 10.0. The van der Waals surface area contributed by atoms with Crippen molar-refractivity contribution in [1.29, 1.82) is 0 Å². The fourth-order valence-electron chi connectivity index (χ4n) is 1.90. The van der Waals surface area contributed by atoms with E-state index in [1.54, 1.807) is 48.5 Å². The molecule has 0 aromatic heterocycles. The summed E-state index contributed by atoms with van der Waals surface area (Å²) in [6, 6.07) is 17.6. The lowest BCUT2D eigenvalue weighted by atomic mass is 9.95. The second-order valence-electron chi connectivity index (χ2n) is 3.85. The Bertz CT molecular complexity index is 619. The van der Waals surface area contributed by atoms with E-state index in [0.29, 0.717) is 11.1 Å². The van der Waals surface area contributed by atoms with E-state index < -0.39 is 5.72 Å². The maximum Gasteiger partial charge on any atom is 0.289 e. The Kier molecular flexibility index (Phi) is 4.20. The monoisotopic (exact) mass is 266 g/mol. The van der Waals surface area contributed by atoms with Gasteiger partial charge in [-0.25, -0.2) is 9.59 Å². The van der Waals surface area contributed by atoms with E-state index in [1.165, 1.54) is 12.2 Å². The molecule has 0 saturated carbocycles. The standard InChI is InChI=1S/C15H10N2O3/c18-11-16-15(20-17-12-19,13-7-3-1-4-8-13)14-9-5-2-6-10-14/h1-10H. The molecular formula is C15H10N2O3. The lowest BCUT2D eigenvalue weighted by Crippen LogP contribution is -2.27. The van der Waals surface area contributed by atoms with Gasteiger partial charge in [-0.2, -0.15) is 0 Å². The molecule has 5 heteroatoms. The van der Waals surface area contributed by atoms with Gasteiger partial charge in [0.2, 0.25) is 6.08 Å². The summed E-state index contributed by atoms with van der Waals surface area (Å²) in [6.07, 6.45) is 2.76. The predicted molar refractivity (Wildman–Crippen MR) is 71.0 cm³/mol. The van der Waals surface area contributed by atoms with Gasteiger partial charge in [0.05, 0.1) is 0 Å². The third kappa shape index (κ3) is 2.54. The van der Waals surface area contributed by atoms with Gasteiger partial charge in [-0.3, -0.25) is 0 Å². The lowest BCUT2D eigenvalue weighted by Gasteiger charge is -2.25. The molecule has 0 saturated heterocycles. The number of hydrogen-bond acceptors (Lipinski definition) is 5. The number of aliphatic imine (C=N–C) groups is 1. The van der Waals surface area contributed by atoms with E-state index >= 15 is 0 Å². The highest BCUT2D eigenvalue weighted by Gasteiger charge is 2.37. The van der Waals surface area contributed by atoms with Gasteiger partial charge in [0.1, 0.15) is 0 Å². The van der Waals surface area contributed by atoms with Gasteiger partial charge in [-0.05, 0) is 0 Å². The van der Waals surface area contributed by atoms with Gasteiger partial charge in [-0.1, -0.05) is 60.7 Å². The molecule has 0 aliphatic rings. The van der Waals surface area contributed by atoms with Crippen LogP contribution in [0, 0.1) is 0 Å². The summed E-state index contributed by atoms with van der Waals surface area (Å²) >= 11 is 0. The number of rotatable bonds is 5. The molecule has 0 bridgehead atoms. The average molecular weight is 266 g/mol. The Labute approximate surface area is 115 Å². The van der Waals surface area contributed by atoms with Crippen molar-refractivity contribution in [3.05, 3.63) is 71.8 Å². The van der Waals surface area contributed by atoms with Crippen molar-refractivity contribution in [2.75, 3.05) is 0 Å². The van der Waals surface area contributed by atoms with Crippen molar-refractivity contribution in [3.63, 3.8) is 0 Å². The zero-order chi connectivity index (χ0) is 14.3. The molecule has 0 aliphatic carbocycles. The Balaban J connectivity index is 2.68. The van der Waals surface area contributed by atoms with Crippen LogP contribution in [-0.4, -0.2) is 12.2 Å². The first kappa shape index (κ1) is 13.4. The molecule has 0 amide bonds. The fraction of sp³-hybridized carbons (Fsp3) is 0.0667. The number of carbonyl (C=O) groups excluding carboxylic acids is 2. The molecule has 0 atom stereocenters. The molecule has 2 rings (SSSR count). The van der Waals surface area contributed by atoms with Crippen LogP contribution in [0.5, 0.6) is 0 Å². The van der Waals surface area contributed by atoms with Crippen molar-refractivity contribution in [1.82, 2.24) is 0 Å². The van der Waals surface area contributed by atoms with Crippen molar-refractivity contribution < 1.29 is 14.4 Å². The molecule has 2 aromatic carbocycles. The summed E-state index contributed by atoms with van der Waals surface area (Å²) in [7, 11) is 0. The summed E-state index contributed by atoms with van der Waals surface area (Å²) in [5.74, 6) is 0. The Morgan fingerprint density at radius 3 is 1.70 bits per heavy atom. The molecule has 0 aliphatic heterocycles. The molecule has 0 heterocycles. The fourth-order valence-corrected chi connectivity index (χ4v) is 1.90. The molecule has 98 valence electrons. The van der Waals surface area contributed by atoms with Gasteiger partial charge in [-0.15, -0.1) is 4.99 Å². The molecule has 0 spiro atoms. The highest BCUT2D eigenvalue weighted by molar-refractivity contribution is 5.43. The Morgan fingerprint density at radius 2 is 1.30 bits per heavy atom. The molecule has 2 aromatic rings. The smallest absolute Gasteiger partial charge is 0.289 e. The minimum Gasteiger partial charge on any atom is -0.344 e. The first-order valence-electron chi connectivity index (χ1n) is 5.79. The Morgan fingerprint density at radius 1 is 0.800 bits per heavy atom. The number of benzene rings is 2. The van der Waals surface area contributed by atoms with Crippen LogP contribution in [0.4, 0.5) is 0 Å². The van der Waals surface area contributed by atoms with Gasteiger partial charge in [0, 0.05) is 16.3 Å². The van der Waals surface area contributed by atoms with E-state index in [1.807, 2.05) is 12.1 Å². The van der Waals surface area contributed by atoms with Crippen LogP contribution in [0.3, 0.4) is 0 Å². The van der Waals surface area contributed by atoms with E-state index in [0.717, 1.165) is 0 Å². The van der Waals surface area contributed by atoms with Gasteiger partial charge < -0.3 is 4.84 Å². The van der Waals surface area contributed by atoms with Crippen molar-refractivity contribution >= 4 is 12.2 Å². The minimum absolute atomic E-state index is 0.550. The van der Waals surface area contributed by atoms with Crippen LogP contribution in [0.1, 0.15) is 11.1 Å². The first-order chi connectivity index (χ1) is 9.83. The summed E-state index contributed by atoms with van der Waals surface area (Å²) in [5.41, 5.74) is -0.441. The maximum atomic E-state index is 10.8.